The molecule has 0 N–H and O–H groups in total. The van der Waals surface area contributed by atoms with Gasteiger partial charge in [-0.1, -0.05) is 113 Å². The van der Waals surface area contributed by atoms with E-state index in [0.29, 0.717) is 0 Å². The molecule has 0 saturated heterocycles. The van der Waals surface area contributed by atoms with Gasteiger partial charge in [0.25, 0.3) is 0 Å². The first kappa shape index (κ1) is 20.7. The van der Waals surface area contributed by atoms with E-state index in [4.69, 9.17) is 0 Å². The van der Waals surface area contributed by atoms with Crippen molar-refractivity contribution in [1.29, 1.82) is 0 Å². The Morgan fingerprint density at radius 1 is 0.514 bits per heavy atom. The maximum absolute atomic E-state index is 2.44. The van der Waals surface area contributed by atoms with Gasteiger partial charge in [-0.05, 0) is 89.5 Å². The van der Waals surface area contributed by atoms with Gasteiger partial charge >= 0.3 is 0 Å². The third-order valence-electron chi connectivity index (χ3n) is 8.40. The fourth-order valence-corrected chi connectivity index (χ4v) is 6.45. The number of rotatable bonds is 1. The van der Waals surface area contributed by atoms with Crippen molar-refractivity contribution in [3.05, 3.63) is 108 Å². The molecule has 2 aliphatic rings. The first-order chi connectivity index (χ1) is 16.7. The Morgan fingerprint density at radius 2 is 1.17 bits per heavy atom. The minimum absolute atomic E-state index is 0.0103. The van der Waals surface area contributed by atoms with Crippen molar-refractivity contribution in [2.24, 2.45) is 0 Å². The highest BCUT2D eigenvalue weighted by atomic mass is 14.4. The minimum Gasteiger partial charge on any atom is -0.0619 e. The first-order valence-corrected chi connectivity index (χ1v) is 12.7. The Kier molecular flexibility index (Phi) is 3.98. The van der Waals surface area contributed by atoms with E-state index in [0.717, 1.165) is 0 Å². The summed E-state index contributed by atoms with van der Waals surface area (Å²) in [7, 11) is 0. The van der Waals surface area contributed by atoms with Gasteiger partial charge in [0.1, 0.15) is 0 Å². The lowest BCUT2D eigenvalue weighted by atomic mass is 9.81. The largest absolute Gasteiger partial charge is 0.0619 e. The average Bonchev–Trinajstić information content (AvgIpc) is 3.29. The predicted octanol–water partition coefficient (Wildman–Crippen LogP) is 9.76. The van der Waals surface area contributed by atoms with Gasteiger partial charge in [0.05, 0.1) is 0 Å². The van der Waals surface area contributed by atoms with E-state index in [1.54, 1.807) is 0 Å². The molecule has 5 aromatic rings. The summed E-state index contributed by atoms with van der Waals surface area (Å²) < 4.78 is 0. The van der Waals surface area contributed by atoms with E-state index in [9.17, 15) is 0 Å². The van der Waals surface area contributed by atoms with Crippen LogP contribution in [0.4, 0.5) is 0 Å². The standard InChI is InChI=1S/C35H30/c1-34(2,3)22-14-16-24-29-18-17-23(27-10-8-11-28(33(27)29)30(24)20-22)21-13-15-26-25-9-6-7-12-31(25)35(4,5)32(26)19-21/h6-20H,1-5H3. The molecule has 0 aliphatic heterocycles. The SMILES string of the molecule is CC(C)(C)c1ccc2c(c1)-c1cccc3c(-c4ccc5c(c4)C(C)(C)c4ccccc4-5)ccc-2c13. The second-order valence-corrected chi connectivity index (χ2v) is 11.8. The highest BCUT2D eigenvalue weighted by Crippen LogP contribution is 2.52. The zero-order chi connectivity index (χ0) is 24.1. The molecular formula is C35H30. The molecule has 170 valence electrons. The fourth-order valence-electron chi connectivity index (χ4n) is 6.45. The van der Waals surface area contributed by atoms with E-state index in [2.05, 4.69) is 126 Å². The van der Waals surface area contributed by atoms with Gasteiger partial charge in [0.2, 0.25) is 0 Å². The van der Waals surface area contributed by atoms with Gasteiger partial charge in [0, 0.05) is 5.41 Å². The number of hydrogen-bond donors (Lipinski definition) is 0. The van der Waals surface area contributed by atoms with Crippen LogP contribution in [0.3, 0.4) is 0 Å². The van der Waals surface area contributed by atoms with Crippen molar-refractivity contribution >= 4 is 10.8 Å². The molecule has 2 aliphatic carbocycles. The van der Waals surface area contributed by atoms with Crippen molar-refractivity contribution in [2.45, 2.75) is 45.4 Å². The summed E-state index contributed by atoms with van der Waals surface area (Å²) in [4.78, 5) is 0. The zero-order valence-corrected chi connectivity index (χ0v) is 21.2. The van der Waals surface area contributed by atoms with Crippen LogP contribution >= 0.6 is 0 Å². The van der Waals surface area contributed by atoms with Gasteiger partial charge in [0.15, 0.2) is 0 Å². The van der Waals surface area contributed by atoms with Gasteiger partial charge in [-0.15, -0.1) is 0 Å². The summed E-state index contributed by atoms with van der Waals surface area (Å²) in [5.41, 5.74) is 15.3. The zero-order valence-electron chi connectivity index (χ0n) is 21.2. The second kappa shape index (κ2) is 6.73. The number of hydrogen-bond acceptors (Lipinski definition) is 0. The molecule has 0 bridgehead atoms. The van der Waals surface area contributed by atoms with Crippen molar-refractivity contribution in [2.75, 3.05) is 0 Å². The first-order valence-electron chi connectivity index (χ1n) is 12.7. The monoisotopic (exact) mass is 450 g/mol. The van der Waals surface area contributed by atoms with Crippen LogP contribution < -0.4 is 0 Å². The lowest BCUT2D eigenvalue weighted by Gasteiger charge is -2.22. The minimum atomic E-state index is 0.0103. The quantitative estimate of drug-likeness (QED) is 0.234. The van der Waals surface area contributed by atoms with E-state index < -0.39 is 0 Å². The Hall–Kier alpha value is -3.64. The van der Waals surface area contributed by atoms with E-state index in [-0.39, 0.29) is 10.8 Å². The Morgan fingerprint density at radius 3 is 2.00 bits per heavy atom. The third kappa shape index (κ3) is 2.74. The Labute approximate surface area is 208 Å². The topological polar surface area (TPSA) is 0 Å². The van der Waals surface area contributed by atoms with Crippen LogP contribution in [-0.2, 0) is 10.8 Å². The van der Waals surface area contributed by atoms with Crippen LogP contribution in [0.25, 0.3) is 55.3 Å². The molecule has 0 amide bonds. The normalized spacial score (nSPS) is 14.7. The van der Waals surface area contributed by atoms with E-state index in [1.807, 2.05) is 0 Å². The van der Waals surface area contributed by atoms with E-state index in [1.165, 1.54) is 72.0 Å². The summed E-state index contributed by atoms with van der Waals surface area (Å²) in [5.74, 6) is 0. The maximum atomic E-state index is 2.44. The van der Waals surface area contributed by atoms with Gasteiger partial charge < -0.3 is 0 Å². The molecule has 0 saturated carbocycles. The molecule has 0 nitrogen and oxygen atoms in total. The smallest absolute Gasteiger partial charge is 0.0159 e. The highest BCUT2D eigenvalue weighted by molar-refractivity contribution is 6.18. The lowest BCUT2D eigenvalue weighted by Crippen LogP contribution is -2.14. The predicted molar refractivity (Wildman–Crippen MR) is 150 cm³/mol. The third-order valence-corrected chi connectivity index (χ3v) is 8.40. The van der Waals surface area contributed by atoms with Crippen molar-refractivity contribution in [1.82, 2.24) is 0 Å². The number of benzene rings is 5. The van der Waals surface area contributed by atoms with Crippen LogP contribution in [0.2, 0.25) is 0 Å². The average molecular weight is 451 g/mol. The van der Waals surface area contributed by atoms with Crippen LogP contribution in [0.5, 0.6) is 0 Å². The highest BCUT2D eigenvalue weighted by Gasteiger charge is 2.35. The molecule has 35 heavy (non-hydrogen) atoms. The van der Waals surface area contributed by atoms with E-state index >= 15 is 0 Å². The molecule has 0 spiro atoms. The summed E-state index contributed by atoms with van der Waals surface area (Å²) in [6, 6.07) is 34.6. The van der Waals surface area contributed by atoms with Gasteiger partial charge in [-0.25, -0.2) is 0 Å². The molecular weight excluding hydrogens is 420 g/mol. The van der Waals surface area contributed by atoms with Crippen molar-refractivity contribution in [3.63, 3.8) is 0 Å². The van der Waals surface area contributed by atoms with Crippen molar-refractivity contribution in [3.8, 4) is 44.5 Å². The Balaban J connectivity index is 1.43. The molecule has 0 aromatic heterocycles. The molecule has 0 unspecified atom stereocenters. The summed E-state index contributed by atoms with van der Waals surface area (Å²) >= 11 is 0. The van der Waals surface area contributed by atoms with Gasteiger partial charge in [-0.3, -0.25) is 0 Å². The molecule has 0 radical (unpaired) electrons. The number of fused-ring (bicyclic) bond motifs is 6. The second-order valence-electron chi connectivity index (χ2n) is 11.8. The fraction of sp³-hybridized carbons (Fsp3) is 0.200. The Bertz CT molecular complexity index is 1690. The molecule has 0 heterocycles. The summed E-state index contributed by atoms with van der Waals surface area (Å²) in [6.07, 6.45) is 0. The van der Waals surface area contributed by atoms with Crippen LogP contribution in [0.15, 0.2) is 91.0 Å². The summed E-state index contributed by atoms with van der Waals surface area (Å²) in [5, 5.41) is 2.75. The van der Waals surface area contributed by atoms with Crippen LogP contribution in [0, 0.1) is 0 Å². The molecule has 5 aromatic carbocycles. The van der Waals surface area contributed by atoms with Gasteiger partial charge in [-0.2, -0.15) is 0 Å². The maximum Gasteiger partial charge on any atom is 0.0159 e. The molecule has 0 atom stereocenters. The van der Waals surface area contributed by atoms with Crippen LogP contribution in [-0.4, -0.2) is 0 Å². The molecule has 0 fully saturated rings. The summed E-state index contributed by atoms with van der Waals surface area (Å²) in [6.45, 7) is 11.6. The molecule has 7 rings (SSSR count). The van der Waals surface area contributed by atoms with Crippen LogP contribution in [0.1, 0.15) is 51.3 Å². The lowest BCUT2D eigenvalue weighted by molar-refractivity contribution is 0.590. The van der Waals surface area contributed by atoms with Crippen molar-refractivity contribution < 1.29 is 0 Å². The molecule has 0 heteroatoms.